The molecular weight excluding hydrogens is 508 g/mol. The van der Waals surface area contributed by atoms with E-state index in [1.165, 1.54) is 19.5 Å². The highest BCUT2D eigenvalue weighted by atomic mass is 19.4. The van der Waals surface area contributed by atoms with Crippen molar-refractivity contribution in [1.82, 2.24) is 24.8 Å². The topological polar surface area (TPSA) is 107 Å². The first kappa shape index (κ1) is 26.8. The summed E-state index contributed by atoms with van der Waals surface area (Å²) in [5, 5.41) is 7.15. The number of hydrazine groups is 1. The molecule has 1 aliphatic rings. The summed E-state index contributed by atoms with van der Waals surface area (Å²) < 4.78 is 59.3. The Morgan fingerprint density at radius 1 is 1.18 bits per heavy atom. The zero-order valence-electron chi connectivity index (χ0n) is 20.5. The Morgan fingerprint density at radius 2 is 1.87 bits per heavy atom. The van der Waals surface area contributed by atoms with Crippen molar-refractivity contribution >= 4 is 39.9 Å². The maximum Gasteiger partial charge on any atom is 0.416 e. The number of rotatable bonds is 5. The van der Waals surface area contributed by atoms with Crippen molar-refractivity contribution in [2.75, 3.05) is 26.0 Å². The molecule has 2 aromatic carbocycles. The molecule has 1 saturated heterocycles. The van der Waals surface area contributed by atoms with Crippen LogP contribution in [0.5, 0.6) is 0 Å². The number of nitrogen functional groups attached to an aromatic ring is 1. The van der Waals surface area contributed by atoms with Crippen molar-refractivity contribution in [3.8, 4) is 0 Å². The van der Waals surface area contributed by atoms with Crippen molar-refractivity contribution in [2.24, 2.45) is 7.05 Å². The summed E-state index contributed by atoms with van der Waals surface area (Å²) in [4.78, 5) is 29.1. The molecule has 2 amide bonds. The zero-order chi connectivity index (χ0) is 27.6. The summed E-state index contributed by atoms with van der Waals surface area (Å²) in [6, 6.07) is 6.58. The standard InChI is InChI=1S/C22H18F4N6O2.C3H6O/c1-30(11-33)32(10-13-3-5-14(8-17(13)23)22(24,25)26)21(34)12-4-6-18-15(7-12)19-16(20(27)29-18)9-28-31(19)2;1-2-4-3-1/h3-9,11H,10H2,1-2H3,(H2,27,29);1-3H2. The average molecular weight is 532 g/mol. The molecule has 0 atom stereocenters. The fourth-order valence-corrected chi connectivity index (χ4v) is 3.78. The minimum Gasteiger partial charge on any atom is -0.383 e. The van der Waals surface area contributed by atoms with Crippen LogP contribution in [-0.4, -0.2) is 57.4 Å². The SMILES string of the molecule is C1COC1.CN(C=O)N(Cc1ccc(C(F)(F)F)cc1F)C(=O)c1ccc2nc(N)c3cnn(C)c3c2c1. The molecule has 0 saturated carbocycles. The van der Waals surface area contributed by atoms with Gasteiger partial charge in [-0.15, -0.1) is 0 Å². The highest BCUT2D eigenvalue weighted by molar-refractivity contribution is 6.10. The predicted molar refractivity (Wildman–Crippen MR) is 131 cm³/mol. The molecular formula is C25H24F4N6O3. The minimum absolute atomic E-state index is 0.141. The molecule has 3 heterocycles. The number of hydrogen-bond acceptors (Lipinski definition) is 6. The van der Waals surface area contributed by atoms with Gasteiger partial charge in [-0.05, 0) is 36.8 Å². The highest BCUT2D eigenvalue weighted by Gasteiger charge is 2.31. The number of aryl methyl sites for hydroxylation is 1. The van der Waals surface area contributed by atoms with Crippen LogP contribution in [0, 0.1) is 5.82 Å². The van der Waals surface area contributed by atoms with E-state index in [0.717, 1.165) is 29.3 Å². The number of carbonyl (C=O) groups is 2. The fraction of sp³-hybridized carbons (Fsp3) is 0.280. The molecule has 4 aromatic rings. The van der Waals surface area contributed by atoms with E-state index in [1.807, 2.05) is 0 Å². The van der Waals surface area contributed by atoms with Crippen LogP contribution >= 0.6 is 0 Å². The number of halogens is 4. The smallest absolute Gasteiger partial charge is 0.383 e. The van der Waals surface area contributed by atoms with Crippen LogP contribution in [0.4, 0.5) is 23.4 Å². The summed E-state index contributed by atoms with van der Waals surface area (Å²) in [5.74, 6) is -1.56. The van der Waals surface area contributed by atoms with Crippen LogP contribution in [0.15, 0.2) is 42.6 Å². The molecule has 9 nitrogen and oxygen atoms in total. The number of anilines is 1. The summed E-state index contributed by atoms with van der Waals surface area (Å²) in [5.41, 5.74) is 5.93. The van der Waals surface area contributed by atoms with Gasteiger partial charge in [0, 0.05) is 43.8 Å². The quantitative estimate of drug-likeness (QED) is 0.237. The lowest BCUT2D eigenvalue weighted by molar-refractivity contribution is -0.137. The minimum atomic E-state index is -4.71. The lowest BCUT2D eigenvalue weighted by atomic mass is 10.1. The molecule has 0 unspecified atom stereocenters. The maximum absolute atomic E-state index is 14.4. The van der Waals surface area contributed by atoms with Crippen LogP contribution in [0.2, 0.25) is 0 Å². The molecule has 200 valence electrons. The normalized spacial score (nSPS) is 13.0. The third-order valence-electron chi connectivity index (χ3n) is 6.00. The summed E-state index contributed by atoms with van der Waals surface area (Å²) in [6.45, 7) is 1.52. The molecule has 2 N–H and O–H groups in total. The van der Waals surface area contributed by atoms with E-state index in [9.17, 15) is 27.2 Å². The van der Waals surface area contributed by atoms with Gasteiger partial charge in [0.2, 0.25) is 6.41 Å². The zero-order valence-corrected chi connectivity index (χ0v) is 20.5. The van der Waals surface area contributed by atoms with E-state index in [4.69, 9.17) is 10.5 Å². The Bertz CT molecular complexity index is 1500. The van der Waals surface area contributed by atoms with Crippen LogP contribution in [-0.2, 0) is 29.3 Å². The molecule has 1 fully saturated rings. The third kappa shape index (κ3) is 5.37. The van der Waals surface area contributed by atoms with Crippen molar-refractivity contribution in [3.05, 3.63) is 65.1 Å². The Kier molecular flexibility index (Phi) is 7.49. The van der Waals surface area contributed by atoms with Gasteiger partial charge < -0.3 is 10.5 Å². The number of nitrogens with zero attached hydrogens (tertiary/aromatic N) is 5. The van der Waals surface area contributed by atoms with E-state index in [1.54, 1.807) is 30.1 Å². The molecule has 0 spiro atoms. The van der Waals surface area contributed by atoms with Crippen molar-refractivity contribution in [1.29, 1.82) is 0 Å². The van der Waals surface area contributed by atoms with E-state index in [-0.39, 0.29) is 16.9 Å². The lowest BCUT2D eigenvalue weighted by Crippen LogP contribution is -2.43. The fourth-order valence-electron chi connectivity index (χ4n) is 3.78. The Labute approximate surface area is 214 Å². The van der Waals surface area contributed by atoms with Crippen LogP contribution in [0.1, 0.15) is 27.9 Å². The van der Waals surface area contributed by atoms with Gasteiger partial charge in [0.05, 0.1) is 34.7 Å². The summed E-state index contributed by atoms with van der Waals surface area (Å²) in [7, 11) is 2.98. The number of alkyl halides is 3. The number of aromatic nitrogens is 3. The Balaban J connectivity index is 0.000000768. The molecule has 13 heteroatoms. The number of amides is 2. The molecule has 38 heavy (non-hydrogen) atoms. The van der Waals surface area contributed by atoms with Gasteiger partial charge >= 0.3 is 6.18 Å². The van der Waals surface area contributed by atoms with Crippen molar-refractivity contribution in [3.63, 3.8) is 0 Å². The molecule has 0 bridgehead atoms. The second-order valence-electron chi connectivity index (χ2n) is 8.57. The van der Waals surface area contributed by atoms with Crippen LogP contribution in [0.25, 0.3) is 21.8 Å². The first-order valence-corrected chi connectivity index (χ1v) is 11.5. The number of hydrogen-bond donors (Lipinski definition) is 1. The molecule has 0 radical (unpaired) electrons. The summed E-state index contributed by atoms with van der Waals surface area (Å²) >= 11 is 0. The average Bonchev–Trinajstić information content (AvgIpc) is 3.23. The first-order chi connectivity index (χ1) is 18.0. The second-order valence-corrected chi connectivity index (χ2v) is 8.57. The molecule has 1 aliphatic heterocycles. The number of benzene rings is 2. The van der Waals surface area contributed by atoms with Crippen LogP contribution in [0.3, 0.4) is 0 Å². The highest BCUT2D eigenvalue weighted by Crippen LogP contribution is 2.31. The maximum atomic E-state index is 14.4. The number of fused-ring (bicyclic) bond motifs is 3. The monoisotopic (exact) mass is 532 g/mol. The van der Waals surface area contributed by atoms with Gasteiger partial charge in [-0.1, -0.05) is 6.07 Å². The largest absolute Gasteiger partial charge is 0.416 e. The lowest BCUT2D eigenvalue weighted by Gasteiger charge is -2.29. The van der Waals surface area contributed by atoms with E-state index < -0.39 is 30.0 Å². The number of pyridine rings is 1. The molecule has 2 aromatic heterocycles. The van der Waals surface area contributed by atoms with Gasteiger partial charge in [0.25, 0.3) is 5.91 Å². The van der Waals surface area contributed by atoms with E-state index in [2.05, 4.69) is 10.1 Å². The number of ether oxygens (including phenoxy) is 1. The van der Waals surface area contributed by atoms with E-state index in [0.29, 0.717) is 40.3 Å². The van der Waals surface area contributed by atoms with Gasteiger partial charge in [-0.25, -0.2) is 14.4 Å². The third-order valence-corrected chi connectivity index (χ3v) is 6.00. The first-order valence-electron chi connectivity index (χ1n) is 11.5. The van der Waals surface area contributed by atoms with Gasteiger partial charge in [0.15, 0.2) is 0 Å². The summed E-state index contributed by atoms with van der Waals surface area (Å²) in [6.07, 6.45) is -1.55. The van der Waals surface area contributed by atoms with Gasteiger partial charge in [-0.2, -0.15) is 18.3 Å². The van der Waals surface area contributed by atoms with E-state index >= 15 is 0 Å². The number of nitrogens with two attached hydrogens (primary N) is 1. The predicted octanol–water partition coefficient (Wildman–Crippen LogP) is 3.91. The van der Waals surface area contributed by atoms with Gasteiger partial charge in [-0.3, -0.25) is 19.3 Å². The number of carbonyl (C=O) groups excluding carboxylic acids is 2. The Morgan fingerprint density at radius 3 is 2.45 bits per heavy atom. The van der Waals surface area contributed by atoms with Crippen LogP contribution < -0.4 is 5.73 Å². The second kappa shape index (κ2) is 10.6. The Hall–Kier alpha value is -4.26. The van der Waals surface area contributed by atoms with Crippen molar-refractivity contribution in [2.45, 2.75) is 19.1 Å². The van der Waals surface area contributed by atoms with Gasteiger partial charge in [0.1, 0.15) is 11.6 Å². The van der Waals surface area contributed by atoms with Crippen molar-refractivity contribution < 1.29 is 31.9 Å². The molecule has 5 rings (SSSR count). The molecule has 0 aliphatic carbocycles.